The molecule has 244 valence electrons. The number of anilines is 3. The molecule has 8 aromatic carbocycles. The van der Waals surface area contributed by atoms with Gasteiger partial charge in [-0.1, -0.05) is 133 Å². The third kappa shape index (κ3) is 4.11. The van der Waals surface area contributed by atoms with Gasteiger partial charge in [0, 0.05) is 36.9 Å². The summed E-state index contributed by atoms with van der Waals surface area (Å²) in [6, 6.07) is 68.5. The summed E-state index contributed by atoms with van der Waals surface area (Å²) in [4.78, 5) is 2.41. The van der Waals surface area contributed by atoms with Crippen LogP contribution >= 0.6 is 11.3 Å². The molecule has 2 aromatic heterocycles. The van der Waals surface area contributed by atoms with Crippen LogP contribution in [-0.4, -0.2) is 0 Å². The number of rotatable bonds is 5. The van der Waals surface area contributed by atoms with Gasteiger partial charge >= 0.3 is 0 Å². The maximum atomic E-state index is 6.42. The topological polar surface area (TPSA) is 16.4 Å². The van der Waals surface area contributed by atoms with Gasteiger partial charge in [0.15, 0.2) is 0 Å². The van der Waals surface area contributed by atoms with Gasteiger partial charge in [-0.15, -0.1) is 11.3 Å². The molecule has 3 heteroatoms. The van der Waals surface area contributed by atoms with E-state index < -0.39 is 5.41 Å². The molecular formula is C49H31NOS. The Morgan fingerprint density at radius 1 is 0.423 bits per heavy atom. The van der Waals surface area contributed by atoms with Crippen molar-refractivity contribution in [2.24, 2.45) is 0 Å². The van der Waals surface area contributed by atoms with E-state index in [0.717, 1.165) is 39.0 Å². The van der Waals surface area contributed by atoms with Gasteiger partial charge in [0.1, 0.15) is 11.2 Å². The van der Waals surface area contributed by atoms with Gasteiger partial charge in [0.05, 0.1) is 16.5 Å². The van der Waals surface area contributed by atoms with Gasteiger partial charge in [-0.05, 0) is 88.0 Å². The molecule has 52 heavy (non-hydrogen) atoms. The lowest BCUT2D eigenvalue weighted by Gasteiger charge is -2.34. The lowest BCUT2D eigenvalue weighted by Crippen LogP contribution is -2.28. The fourth-order valence-corrected chi connectivity index (χ4v) is 9.88. The van der Waals surface area contributed by atoms with E-state index in [9.17, 15) is 0 Å². The lowest BCUT2D eigenvalue weighted by atomic mass is 9.68. The Labute approximate surface area is 305 Å². The second-order valence-corrected chi connectivity index (χ2v) is 14.7. The number of thiophene rings is 1. The molecule has 0 aliphatic heterocycles. The molecule has 0 amide bonds. The van der Waals surface area contributed by atoms with E-state index >= 15 is 0 Å². The Kier molecular flexibility index (Phi) is 6.37. The minimum absolute atomic E-state index is 0.451. The van der Waals surface area contributed by atoms with Crippen molar-refractivity contribution in [1.82, 2.24) is 0 Å². The van der Waals surface area contributed by atoms with Crippen molar-refractivity contribution >= 4 is 70.5 Å². The quantitative estimate of drug-likeness (QED) is 0.180. The second-order valence-electron chi connectivity index (χ2n) is 13.6. The standard InChI is InChI=1S/C49H31NOS/c1-2-13-32(14-3-1)49(41-19-8-4-15-36(41)37-16-5-9-20-42(37)49)33-25-27-34(28-26-33)50(35-29-30-47-40(31-35)38-17-7-11-24-46(38)52-47)43-21-12-23-45-48(43)39-18-6-10-22-44(39)51-45/h1-31H. The molecule has 2 nitrogen and oxygen atoms in total. The Hall–Kier alpha value is -6.42. The van der Waals surface area contributed by atoms with E-state index in [0.29, 0.717) is 0 Å². The number of furan rings is 1. The Balaban J connectivity index is 1.16. The molecule has 1 aliphatic carbocycles. The van der Waals surface area contributed by atoms with Crippen molar-refractivity contribution < 1.29 is 4.42 Å². The van der Waals surface area contributed by atoms with Crippen molar-refractivity contribution in [3.63, 3.8) is 0 Å². The number of fused-ring (bicyclic) bond motifs is 9. The number of hydrogen-bond acceptors (Lipinski definition) is 3. The van der Waals surface area contributed by atoms with Gasteiger partial charge in [-0.3, -0.25) is 0 Å². The number of benzene rings is 8. The van der Waals surface area contributed by atoms with E-state index in [1.807, 2.05) is 17.4 Å². The monoisotopic (exact) mass is 681 g/mol. The SMILES string of the molecule is c1ccc(C2(c3ccc(N(c4ccc5sc6ccccc6c5c4)c4cccc5oc6ccccc6c45)cc3)c3ccccc3-c3ccccc32)cc1. The Bertz CT molecular complexity index is 2930. The molecule has 0 radical (unpaired) electrons. The molecule has 0 fully saturated rings. The molecule has 11 rings (SSSR count). The summed E-state index contributed by atoms with van der Waals surface area (Å²) in [6.07, 6.45) is 0. The van der Waals surface area contributed by atoms with Crippen LogP contribution in [0.2, 0.25) is 0 Å². The average molecular weight is 682 g/mol. The molecule has 0 atom stereocenters. The summed E-state index contributed by atoms with van der Waals surface area (Å²) < 4.78 is 9.01. The van der Waals surface area contributed by atoms with Crippen LogP contribution in [0, 0.1) is 0 Å². The zero-order chi connectivity index (χ0) is 34.2. The van der Waals surface area contributed by atoms with Crippen LogP contribution < -0.4 is 4.90 Å². The first-order chi connectivity index (χ1) is 25.8. The fourth-order valence-electron chi connectivity index (χ4n) is 8.80. The van der Waals surface area contributed by atoms with Crippen molar-refractivity contribution in [2.75, 3.05) is 4.90 Å². The van der Waals surface area contributed by atoms with Crippen LogP contribution in [0.4, 0.5) is 17.1 Å². The Morgan fingerprint density at radius 3 is 1.81 bits per heavy atom. The first-order valence-electron chi connectivity index (χ1n) is 17.8. The van der Waals surface area contributed by atoms with E-state index in [4.69, 9.17) is 4.42 Å². The van der Waals surface area contributed by atoms with E-state index in [-0.39, 0.29) is 0 Å². The van der Waals surface area contributed by atoms with Crippen LogP contribution in [0.25, 0.3) is 53.2 Å². The molecule has 0 spiro atoms. The van der Waals surface area contributed by atoms with E-state index in [2.05, 4.69) is 187 Å². The zero-order valence-electron chi connectivity index (χ0n) is 28.2. The number of nitrogens with zero attached hydrogens (tertiary/aromatic N) is 1. The highest BCUT2D eigenvalue weighted by Crippen LogP contribution is 2.56. The summed E-state index contributed by atoms with van der Waals surface area (Å²) in [7, 11) is 0. The van der Waals surface area contributed by atoms with Crippen LogP contribution in [-0.2, 0) is 5.41 Å². The average Bonchev–Trinajstić information content (AvgIpc) is 3.87. The molecule has 0 saturated heterocycles. The molecule has 0 unspecified atom stereocenters. The van der Waals surface area contributed by atoms with E-state index in [1.54, 1.807) is 0 Å². The number of para-hydroxylation sites is 1. The predicted molar refractivity (Wildman–Crippen MR) is 219 cm³/mol. The molecular weight excluding hydrogens is 651 g/mol. The summed E-state index contributed by atoms with van der Waals surface area (Å²) >= 11 is 1.85. The smallest absolute Gasteiger partial charge is 0.137 e. The zero-order valence-corrected chi connectivity index (χ0v) is 29.0. The third-order valence-electron chi connectivity index (χ3n) is 11.0. The maximum Gasteiger partial charge on any atom is 0.137 e. The highest BCUT2D eigenvalue weighted by Gasteiger charge is 2.45. The molecule has 0 bridgehead atoms. The highest BCUT2D eigenvalue weighted by molar-refractivity contribution is 7.25. The maximum absolute atomic E-state index is 6.42. The van der Waals surface area contributed by atoms with Gasteiger partial charge in [0.25, 0.3) is 0 Å². The first kappa shape index (κ1) is 29.3. The van der Waals surface area contributed by atoms with Crippen LogP contribution in [0.5, 0.6) is 0 Å². The Morgan fingerprint density at radius 2 is 1.02 bits per heavy atom. The molecule has 10 aromatic rings. The molecule has 0 N–H and O–H groups in total. The van der Waals surface area contributed by atoms with Crippen LogP contribution in [0.3, 0.4) is 0 Å². The van der Waals surface area contributed by atoms with Crippen LogP contribution in [0.1, 0.15) is 22.3 Å². The van der Waals surface area contributed by atoms with Crippen molar-refractivity contribution in [3.8, 4) is 11.1 Å². The van der Waals surface area contributed by atoms with Crippen molar-refractivity contribution in [1.29, 1.82) is 0 Å². The second kappa shape index (κ2) is 11.3. The summed E-state index contributed by atoms with van der Waals surface area (Å²) in [6.45, 7) is 0. The van der Waals surface area contributed by atoms with Crippen molar-refractivity contribution in [2.45, 2.75) is 5.41 Å². The minimum atomic E-state index is -0.451. The largest absolute Gasteiger partial charge is 0.456 e. The van der Waals surface area contributed by atoms with Gasteiger partial charge < -0.3 is 9.32 Å². The number of hydrogen-bond donors (Lipinski definition) is 0. The third-order valence-corrected chi connectivity index (χ3v) is 12.1. The molecule has 2 heterocycles. The summed E-state index contributed by atoms with van der Waals surface area (Å²) in [5.41, 5.74) is 12.3. The van der Waals surface area contributed by atoms with Crippen molar-refractivity contribution in [3.05, 3.63) is 210 Å². The van der Waals surface area contributed by atoms with Gasteiger partial charge in [-0.25, -0.2) is 0 Å². The summed E-state index contributed by atoms with van der Waals surface area (Å²) in [5, 5.41) is 4.77. The molecule has 0 saturated carbocycles. The summed E-state index contributed by atoms with van der Waals surface area (Å²) in [5.74, 6) is 0. The highest BCUT2D eigenvalue weighted by atomic mass is 32.1. The fraction of sp³-hybridized carbons (Fsp3) is 0.0204. The first-order valence-corrected chi connectivity index (χ1v) is 18.6. The lowest BCUT2D eigenvalue weighted by molar-refractivity contribution is 0.669. The predicted octanol–water partition coefficient (Wildman–Crippen LogP) is 13.8. The molecule has 1 aliphatic rings. The van der Waals surface area contributed by atoms with Gasteiger partial charge in [-0.2, -0.15) is 0 Å². The normalized spacial score (nSPS) is 13.2. The van der Waals surface area contributed by atoms with E-state index in [1.165, 1.54) is 53.6 Å². The van der Waals surface area contributed by atoms with Gasteiger partial charge in [0.2, 0.25) is 0 Å². The van der Waals surface area contributed by atoms with Crippen LogP contribution in [0.15, 0.2) is 192 Å². The minimum Gasteiger partial charge on any atom is -0.456 e.